The Labute approximate surface area is 106 Å². The lowest BCUT2D eigenvalue weighted by atomic mass is 10.1. The van der Waals surface area contributed by atoms with E-state index < -0.39 is 5.97 Å². The quantitative estimate of drug-likeness (QED) is 0.868. The molecule has 1 aliphatic heterocycles. The zero-order valence-electron chi connectivity index (χ0n) is 10.5. The molecule has 5 nitrogen and oxygen atoms in total. The van der Waals surface area contributed by atoms with Gasteiger partial charge < -0.3 is 14.3 Å². The third kappa shape index (κ3) is 3.34. The third-order valence-corrected chi connectivity index (χ3v) is 3.42. The molecule has 1 fully saturated rings. The van der Waals surface area contributed by atoms with E-state index in [9.17, 15) is 4.79 Å². The highest BCUT2D eigenvalue weighted by atomic mass is 16.5. The molecule has 1 aromatic rings. The van der Waals surface area contributed by atoms with Gasteiger partial charge in [0.2, 0.25) is 0 Å². The molecule has 0 aliphatic carbocycles. The largest absolute Gasteiger partial charge is 0.480 e. The Morgan fingerprint density at radius 2 is 2.33 bits per heavy atom. The molecule has 1 N–H and O–H groups in total. The van der Waals surface area contributed by atoms with Crippen molar-refractivity contribution < 1.29 is 19.1 Å². The zero-order chi connectivity index (χ0) is 13.0. The molecular formula is C13H19NO4. The van der Waals surface area contributed by atoms with E-state index in [1.807, 2.05) is 12.1 Å². The van der Waals surface area contributed by atoms with Gasteiger partial charge in [-0.2, -0.15) is 0 Å². The molecule has 0 amide bonds. The number of hydrogen-bond donors (Lipinski definition) is 1. The molecule has 5 heteroatoms. The number of carbonyl (C=O) groups is 1. The second kappa shape index (κ2) is 6.02. The first-order valence-electron chi connectivity index (χ1n) is 6.27. The summed E-state index contributed by atoms with van der Waals surface area (Å²) < 4.78 is 10.7. The average molecular weight is 253 g/mol. The lowest BCUT2D eigenvalue weighted by molar-refractivity contribution is -0.145. The summed E-state index contributed by atoms with van der Waals surface area (Å²) in [6.07, 6.45) is 3.51. The Bertz CT molecular complexity index is 368. The van der Waals surface area contributed by atoms with Gasteiger partial charge in [-0.05, 0) is 31.9 Å². The summed E-state index contributed by atoms with van der Waals surface area (Å²) in [5, 5.41) is 8.56. The van der Waals surface area contributed by atoms with E-state index in [1.165, 1.54) is 0 Å². The maximum absolute atomic E-state index is 10.4. The number of ether oxygens (including phenoxy) is 1. The van der Waals surface area contributed by atoms with E-state index in [0.29, 0.717) is 0 Å². The Morgan fingerprint density at radius 1 is 1.61 bits per heavy atom. The van der Waals surface area contributed by atoms with Gasteiger partial charge in [0.05, 0.1) is 18.4 Å². The molecule has 100 valence electrons. The number of hydrogen-bond acceptors (Lipinski definition) is 4. The number of piperidine rings is 1. The maximum Gasteiger partial charge on any atom is 0.329 e. The van der Waals surface area contributed by atoms with E-state index in [-0.39, 0.29) is 18.8 Å². The summed E-state index contributed by atoms with van der Waals surface area (Å²) >= 11 is 0. The van der Waals surface area contributed by atoms with Crippen LogP contribution in [0.15, 0.2) is 22.8 Å². The Hall–Kier alpha value is -1.33. The predicted molar refractivity (Wildman–Crippen MR) is 65.3 cm³/mol. The number of aliphatic carboxylic acids is 1. The van der Waals surface area contributed by atoms with Crippen LogP contribution in [0.5, 0.6) is 0 Å². The second-order valence-corrected chi connectivity index (χ2v) is 4.63. The van der Waals surface area contributed by atoms with Crippen molar-refractivity contribution in [2.24, 2.45) is 0 Å². The van der Waals surface area contributed by atoms with Gasteiger partial charge in [0.25, 0.3) is 0 Å². The fourth-order valence-corrected chi connectivity index (χ4v) is 2.33. The molecule has 2 heterocycles. The smallest absolute Gasteiger partial charge is 0.329 e. The van der Waals surface area contributed by atoms with Gasteiger partial charge in [0.15, 0.2) is 0 Å². The number of likely N-dealkylation sites (tertiary alicyclic amines) is 1. The molecule has 1 aromatic heterocycles. The van der Waals surface area contributed by atoms with Crippen molar-refractivity contribution in [1.82, 2.24) is 4.90 Å². The van der Waals surface area contributed by atoms with Crippen LogP contribution in [0.4, 0.5) is 0 Å². The molecule has 0 spiro atoms. The highest BCUT2D eigenvalue weighted by Gasteiger charge is 2.25. The van der Waals surface area contributed by atoms with Crippen LogP contribution >= 0.6 is 0 Å². The SMILES string of the molecule is CC(c1ccco1)N1CCC(OCC(=O)O)CC1. The van der Waals surface area contributed by atoms with Crippen LogP contribution in [0.2, 0.25) is 0 Å². The molecular weight excluding hydrogens is 234 g/mol. The van der Waals surface area contributed by atoms with Crippen molar-refractivity contribution in [1.29, 1.82) is 0 Å². The Balaban J connectivity index is 1.78. The first-order valence-corrected chi connectivity index (χ1v) is 6.27. The highest BCUT2D eigenvalue weighted by molar-refractivity contribution is 5.68. The second-order valence-electron chi connectivity index (χ2n) is 4.63. The number of carboxylic acids is 1. The van der Waals surface area contributed by atoms with Gasteiger partial charge >= 0.3 is 5.97 Å². The number of nitrogens with zero attached hydrogens (tertiary/aromatic N) is 1. The summed E-state index contributed by atoms with van der Waals surface area (Å²) in [5.41, 5.74) is 0. The van der Waals surface area contributed by atoms with Gasteiger partial charge in [0.1, 0.15) is 12.4 Å². The maximum atomic E-state index is 10.4. The van der Waals surface area contributed by atoms with Gasteiger partial charge in [-0.1, -0.05) is 0 Å². The summed E-state index contributed by atoms with van der Waals surface area (Å²) in [5.74, 6) is 0.0706. The number of carboxylic acid groups (broad SMARTS) is 1. The van der Waals surface area contributed by atoms with Crippen LogP contribution < -0.4 is 0 Å². The molecule has 2 rings (SSSR count). The fourth-order valence-electron chi connectivity index (χ4n) is 2.33. The van der Waals surface area contributed by atoms with Gasteiger partial charge in [-0.3, -0.25) is 4.90 Å². The van der Waals surface area contributed by atoms with Gasteiger partial charge in [-0.25, -0.2) is 4.79 Å². The normalized spacial score (nSPS) is 19.8. The zero-order valence-corrected chi connectivity index (χ0v) is 10.5. The van der Waals surface area contributed by atoms with Crippen LogP contribution in [-0.4, -0.2) is 41.8 Å². The number of rotatable bonds is 5. The predicted octanol–water partition coefficient (Wildman–Crippen LogP) is 1.91. The van der Waals surface area contributed by atoms with E-state index in [0.717, 1.165) is 31.7 Å². The molecule has 18 heavy (non-hydrogen) atoms. The first-order chi connectivity index (χ1) is 8.66. The van der Waals surface area contributed by atoms with Crippen molar-refractivity contribution in [3.8, 4) is 0 Å². The Morgan fingerprint density at radius 3 is 2.89 bits per heavy atom. The minimum atomic E-state index is -0.901. The van der Waals surface area contributed by atoms with E-state index in [2.05, 4.69) is 11.8 Å². The highest BCUT2D eigenvalue weighted by Crippen LogP contribution is 2.25. The van der Waals surface area contributed by atoms with Crippen molar-refractivity contribution in [2.75, 3.05) is 19.7 Å². The monoisotopic (exact) mass is 253 g/mol. The lowest BCUT2D eigenvalue weighted by Crippen LogP contribution is -2.38. The van der Waals surface area contributed by atoms with Gasteiger partial charge in [0, 0.05) is 13.1 Å². The summed E-state index contributed by atoms with van der Waals surface area (Å²) in [6, 6.07) is 4.15. The van der Waals surface area contributed by atoms with Crippen molar-refractivity contribution in [3.05, 3.63) is 24.2 Å². The molecule has 1 aliphatic rings. The molecule has 1 unspecified atom stereocenters. The van der Waals surface area contributed by atoms with Crippen LogP contribution in [0.1, 0.15) is 31.6 Å². The van der Waals surface area contributed by atoms with E-state index in [4.69, 9.17) is 14.3 Å². The first kappa shape index (κ1) is 13.1. The summed E-state index contributed by atoms with van der Waals surface area (Å²) in [6.45, 7) is 3.74. The van der Waals surface area contributed by atoms with Crippen molar-refractivity contribution in [2.45, 2.75) is 31.9 Å². The Kier molecular flexibility index (Phi) is 4.38. The lowest BCUT2D eigenvalue weighted by Gasteiger charge is -2.34. The van der Waals surface area contributed by atoms with E-state index in [1.54, 1.807) is 6.26 Å². The van der Waals surface area contributed by atoms with Crippen LogP contribution in [0, 0.1) is 0 Å². The molecule has 0 aromatic carbocycles. The molecule has 0 saturated carbocycles. The van der Waals surface area contributed by atoms with Crippen LogP contribution in [-0.2, 0) is 9.53 Å². The molecule has 1 atom stereocenters. The summed E-state index contributed by atoms with van der Waals surface area (Å²) in [4.78, 5) is 12.8. The summed E-state index contributed by atoms with van der Waals surface area (Å²) in [7, 11) is 0. The molecule has 0 radical (unpaired) electrons. The van der Waals surface area contributed by atoms with Crippen LogP contribution in [0.25, 0.3) is 0 Å². The van der Waals surface area contributed by atoms with Gasteiger partial charge in [-0.15, -0.1) is 0 Å². The molecule has 1 saturated heterocycles. The fraction of sp³-hybridized carbons (Fsp3) is 0.615. The van der Waals surface area contributed by atoms with Crippen LogP contribution in [0.3, 0.4) is 0 Å². The topological polar surface area (TPSA) is 62.9 Å². The van der Waals surface area contributed by atoms with Crippen molar-refractivity contribution in [3.63, 3.8) is 0 Å². The average Bonchev–Trinajstić information content (AvgIpc) is 2.90. The third-order valence-electron chi connectivity index (χ3n) is 3.42. The standard InChI is InChI=1S/C13H19NO4/c1-10(12-3-2-8-17-12)14-6-4-11(5-7-14)18-9-13(15)16/h2-3,8,10-11H,4-7,9H2,1H3,(H,15,16). The molecule has 0 bridgehead atoms. The van der Waals surface area contributed by atoms with Crippen molar-refractivity contribution >= 4 is 5.97 Å². The minimum Gasteiger partial charge on any atom is -0.480 e. The van der Waals surface area contributed by atoms with E-state index >= 15 is 0 Å². The minimum absolute atomic E-state index is 0.0705. The number of furan rings is 1.